The van der Waals surface area contributed by atoms with E-state index in [0.717, 1.165) is 5.69 Å². The highest BCUT2D eigenvalue weighted by Gasteiger charge is 2.02. The molecule has 82 valence electrons. The molecule has 0 bridgehead atoms. The van der Waals surface area contributed by atoms with E-state index in [1.165, 1.54) is 21.9 Å². The largest absolute Gasteiger partial charge is 0.399 e. The van der Waals surface area contributed by atoms with Crippen LogP contribution in [0.25, 0.3) is 21.9 Å². The molecule has 0 heterocycles. The van der Waals surface area contributed by atoms with Gasteiger partial charge < -0.3 is 5.73 Å². The number of hydrogen-bond donors (Lipinski definition) is 1. The molecule has 0 aliphatic carbocycles. The number of rotatable bonds is 1. The molecular weight excluding hydrogens is 206 g/mol. The molecule has 3 aromatic rings. The van der Waals surface area contributed by atoms with Crippen LogP contribution in [0.2, 0.25) is 0 Å². The summed E-state index contributed by atoms with van der Waals surface area (Å²) in [6.45, 7) is 0. The maximum Gasteiger partial charge on any atom is 0.0320 e. The molecule has 0 aliphatic heterocycles. The Morgan fingerprint density at radius 2 is 1.53 bits per heavy atom. The van der Waals surface area contributed by atoms with E-state index in [9.17, 15) is 0 Å². The van der Waals surface area contributed by atoms with Gasteiger partial charge in [-0.15, -0.1) is 0 Å². The van der Waals surface area contributed by atoms with Gasteiger partial charge in [0.25, 0.3) is 0 Å². The zero-order valence-electron chi connectivity index (χ0n) is 9.43. The van der Waals surface area contributed by atoms with Gasteiger partial charge in [0, 0.05) is 5.69 Å². The molecule has 0 amide bonds. The Balaban J connectivity index is 2.33. The van der Waals surface area contributed by atoms with Crippen molar-refractivity contribution < 1.29 is 0 Å². The highest BCUT2D eigenvalue weighted by atomic mass is 14.5. The normalized spacial score (nSPS) is 10.6. The summed E-state index contributed by atoms with van der Waals surface area (Å²) in [7, 11) is 0. The monoisotopic (exact) mass is 219 g/mol. The van der Waals surface area contributed by atoms with Gasteiger partial charge >= 0.3 is 0 Å². The van der Waals surface area contributed by atoms with Crippen molar-refractivity contribution in [3.05, 3.63) is 66.7 Å². The highest BCUT2D eigenvalue weighted by Crippen LogP contribution is 2.29. The van der Waals surface area contributed by atoms with E-state index in [2.05, 4.69) is 48.5 Å². The van der Waals surface area contributed by atoms with E-state index < -0.39 is 0 Å². The first kappa shape index (κ1) is 9.91. The van der Waals surface area contributed by atoms with Crippen molar-refractivity contribution in [1.29, 1.82) is 0 Å². The molecule has 0 aromatic heterocycles. The maximum atomic E-state index is 5.87. The van der Waals surface area contributed by atoms with Crippen LogP contribution in [0.5, 0.6) is 0 Å². The van der Waals surface area contributed by atoms with Crippen LogP contribution in [0, 0.1) is 0 Å². The third-order valence-corrected chi connectivity index (χ3v) is 2.99. The Morgan fingerprint density at radius 1 is 0.706 bits per heavy atom. The van der Waals surface area contributed by atoms with Crippen LogP contribution >= 0.6 is 0 Å². The van der Waals surface area contributed by atoms with Gasteiger partial charge in [0.2, 0.25) is 0 Å². The van der Waals surface area contributed by atoms with Crippen LogP contribution in [0.3, 0.4) is 0 Å². The Bertz CT molecular complexity index is 657. The Labute approximate surface area is 101 Å². The molecule has 0 fully saturated rings. The molecule has 17 heavy (non-hydrogen) atoms. The van der Waals surface area contributed by atoms with Gasteiger partial charge in [0.05, 0.1) is 0 Å². The Morgan fingerprint density at radius 3 is 2.35 bits per heavy atom. The second kappa shape index (κ2) is 3.95. The molecule has 0 saturated carbocycles. The van der Waals surface area contributed by atoms with Crippen LogP contribution in [0.4, 0.5) is 5.69 Å². The molecule has 2 N–H and O–H groups in total. The molecule has 3 rings (SSSR count). The average molecular weight is 219 g/mol. The molecule has 1 nitrogen and oxygen atoms in total. The lowest BCUT2D eigenvalue weighted by Gasteiger charge is -2.07. The number of benzene rings is 3. The number of nitrogen functional groups attached to an aromatic ring is 1. The van der Waals surface area contributed by atoms with Crippen LogP contribution in [-0.2, 0) is 0 Å². The van der Waals surface area contributed by atoms with E-state index in [1.54, 1.807) is 0 Å². The third kappa shape index (κ3) is 1.76. The molecular formula is C16H13N. The molecule has 0 aliphatic rings. The quantitative estimate of drug-likeness (QED) is 0.613. The topological polar surface area (TPSA) is 26.0 Å². The van der Waals surface area contributed by atoms with Gasteiger partial charge in [-0.3, -0.25) is 0 Å². The Hall–Kier alpha value is -2.28. The summed E-state index contributed by atoms with van der Waals surface area (Å²) < 4.78 is 0. The molecule has 0 saturated heterocycles. The number of fused-ring (bicyclic) bond motifs is 1. The lowest BCUT2D eigenvalue weighted by Crippen LogP contribution is -1.86. The number of nitrogens with two attached hydrogens (primary N) is 1. The third-order valence-electron chi connectivity index (χ3n) is 2.99. The second-order valence-corrected chi connectivity index (χ2v) is 4.15. The highest BCUT2D eigenvalue weighted by molar-refractivity contribution is 5.98. The van der Waals surface area contributed by atoms with E-state index >= 15 is 0 Å². The first-order chi connectivity index (χ1) is 8.34. The smallest absolute Gasteiger partial charge is 0.0320 e. The van der Waals surface area contributed by atoms with E-state index in [4.69, 9.17) is 5.73 Å². The summed E-state index contributed by atoms with van der Waals surface area (Å²) in [5.74, 6) is 0. The van der Waals surface area contributed by atoms with Crippen LogP contribution in [0.1, 0.15) is 0 Å². The van der Waals surface area contributed by atoms with Crippen molar-refractivity contribution in [1.82, 2.24) is 0 Å². The lowest BCUT2D eigenvalue weighted by molar-refractivity contribution is 1.65. The van der Waals surface area contributed by atoms with Gasteiger partial charge in [-0.1, -0.05) is 54.6 Å². The first-order valence-corrected chi connectivity index (χ1v) is 5.68. The maximum absolute atomic E-state index is 5.87. The summed E-state index contributed by atoms with van der Waals surface area (Å²) in [6, 6.07) is 22.8. The van der Waals surface area contributed by atoms with Gasteiger partial charge in [0.15, 0.2) is 0 Å². The molecule has 0 spiro atoms. The summed E-state index contributed by atoms with van der Waals surface area (Å²) >= 11 is 0. The van der Waals surface area contributed by atoms with Gasteiger partial charge in [-0.25, -0.2) is 0 Å². The molecule has 0 unspecified atom stereocenters. The number of anilines is 1. The van der Waals surface area contributed by atoms with Crippen LogP contribution < -0.4 is 5.73 Å². The minimum absolute atomic E-state index is 0.806. The fraction of sp³-hybridized carbons (Fsp3) is 0. The fourth-order valence-electron chi connectivity index (χ4n) is 2.16. The van der Waals surface area contributed by atoms with Crippen molar-refractivity contribution in [2.24, 2.45) is 0 Å². The predicted molar refractivity (Wildman–Crippen MR) is 73.8 cm³/mol. The van der Waals surface area contributed by atoms with Crippen molar-refractivity contribution in [2.75, 3.05) is 5.73 Å². The standard InChI is InChI=1S/C16H13N/c17-14-10-9-13-7-4-8-15(16(13)11-14)12-5-2-1-3-6-12/h1-11H,17H2. The minimum Gasteiger partial charge on any atom is -0.399 e. The predicted octanol–water partition coefficient (Wildman–Crippen LogP) is 4.09. The Kier molecular flexibility index (Phi) is 2.30. The van der Waals surface area contributed by atoms with Crippen molar-refractivity contribution in [3.8, 4) is 11.1 Å². The number of hydrogen-bond acceptors (Lipinski definition) is 1. The lowest BCUT2D eigenvalue weighted by atomic mass is 9.98. The molecule has 3 aromatic carbocycles. The SMILES string of the molecule is Nc1ccc2cccc(-c3ccccc3)c2c1. The molecule has 0 radical (unpaired) electrons. The zero-order chi connectivity index (χ0) is 11.7. The van der Waals surface area contributed by atoms with E-state index in [0.29, 0.717) is 0 Å². The van der Waals surface area contributed by atoms with Crippen LogP contribution in [0.15, 0.2) is 66.7 Å². The summed E-state index contributed by atoms with van der Waals surface area (Å²) in [5.41, 5.74) is 9.13. The van der Waals surface area contributed by atoms with E-state index in [-0.39, 0.29) is 0 Å². The fourth-order valence-corrected chi connectivity index (χ4v) is 2.16. The summed E-state index contributed by atoms with van der Waals surface area (Å²) in [5, 5.41) is 2.43. The zero-order valence-corrected chi connectivity index (χ0v) is 9.43. The summed E-state index contributed by atoms with van der Waals surface area (Å²) in [6.07, 6.45) is 0. The van der Waals surface area contributed by atoms with Crippen LogP contribution in [-0.4, -0.2) is 0 Å². The van der Waals surface area contributed by atoms with Crippen molar-refractivity contribution in [2.45, 2.75) is 0 Å². The van der Waals surface area contributed by atoms with Crippen molar-refractivity contribution in [3.63, 3.8) is 0 Å². The van der Waals surface area contributed by atoms with Crippen molar-refractivity contribution >= 4 is 16.5 Å². The van der Waals surface area contributed by atoms with Gasteiger partial charge in [-0.2, -0.15) is 0 Å². The summed E-state index contributed by atoms with van der Waals surface area (Å²) in [4.78, 5) is 0. The first-order valence-electron chi connectivity index (χ1n) is 5.68. The molecule has 0 atom stereocenters. The van der Waals surface area contributed by atoms with Gasteiger partial charge in [0.1, 0.15) is 0 Å². The van der Waals surface area contributed by atoms with Gasteiger partial charge in [-0.05, 0) is 34.0 Å². The minimum atomic E-state index is 0.806. The molecule has 1 heteroatoms. The van der Waals surface area contributed by atoms with E-state index in [1.807, 2.05) is 18.2 Å². The average Bonchev–Trinajstić information content (AvgIpc) is 2.39. The second-order valence-electron chi connectivity index (χ2n) is 4.15.